The highest BCUT2D eigenvalue weighted by Crippen LogP contribution is 2.24. The molecule has 96 valence electrons. The lowest BCUT2D eigenvalue weighted by Gasteiger charge is -2.13. The van der Waals surface area contributed by atoms with E-state index in [1.807, 2.05) is 0 Å². The Morgan fingerprint density at radius 1 is 1.44 bits per heavy atom. The predicted molar refractivity (Wildman–Crippen MR) is 69.4 cm³/mol. The molecule has 0 radical (unpaired) electrons. The Morgan fingerprint density at radius 3 is 2.72 bits per heavy atom. The maximum absolute atomic E-state index is 11.0. The zero-order valence-corrected chi connectivity index (χ0v) is 10.6. The highest BCUT2D eigenvalue weighted by molar-refractivity contribution is 5.47. The van der Waals surface area contributed by atoms with Crippen molar-refractivity contribution in [3.8, 4) is 0 Å². The molecular formula is C13H17N3O2. The van der Waals surface area contributed by atoms with Gasteiger partial charge in [-0.2, -0.15) is 0 Å². The molecule has 0 aromatic carbocycles. The van der Waals surface area contributed by atoms with E-state index in [9.17, 15) is 10.1 Å². The molecule has 0 amide bonds. The van der Waals surface area contributed by atoms with E-state index in [1.54, 1.807) is 20.0 Å². The summed E-state index contributed by atoms with van der Waals surface area (Å²) in [5.41, 5.74) is 2.23. The number of nitro groups is 1. The van der Waals surface area contributed by atoms with Gasteiger partial charge in [-0.15, -0.1) is 0 Å². The number of rotatable bonds is 4. The van der Waals surface area contributed by atoms with Gasteiger partial charge in [0.25, 0.3) is 5.69 Å². The first kappa shape index (κ1) is 12.7. The molecule has 18 heavy (non-hydrogen) atoms. The van der Waals surface area contributed by atoms with E-state index in [1.165, 1.54) is 0 Å². The van der Waals surface area contributed by atoms with Crippen LogP contribution in [0.5, 0.6) is 0 Å². The summed E-state index contributed by atoms with van der Waals surface area (Å²) in [5, 5.41) is 14.4. The van der Waals surface area contributed by atoms with Crippen LogP contribution in [-0.2, 0) is 6.54 Å². The van der Waals surface area contributed by atoms with Crippen LogP contribution in [-0.4, -0.2) is 15.9 Å². The molecule has 1 aliphatic carbocycles. The lowest BCUT2D eigenvalue weighted by molar-refractivity contribution is -0.386. The van der Waals surface area contributed by atoms with Gasteiger partial charge in [0.1, 0.15) is 0 Å². The van der Waals surface area contributed by atoms with Crippen LogP contribution in [0.4, 0.5) is 5.69 Å². The number of pyridine rings is 1. The Kier molecular flexibility index (Phi) is 3.72. The molecule has 0 spiro atoms. The average molecular weight is 247 g/mol. The second-order valence-electron chi connectivity index (χ2n) is 4.64. The molecule has 1 aromatic rings. The third kappa shape index (κ3) is 2.56. The van der Waals surface area contributed by atoms with Gasteiger partial charge >= 0.3 is 0 Å². The van der Waals surface area contributed by atoms with Crippen LogP contribution in [0.2, 0.25) is 0 Å². The molecule has 1 heterocycles. The Labute approximate surface area is 106 Å². The lowest BCUT2D eigenvalue weighted by atomic mass is 10.1. The normalized spacial score (nSPS) is 15.2. The zero-order valence-electron chi connectivity index (χ0n) is 10.6. The van der Waals surface area contributed by atoms with Crippen molar-refractivity contribution >= 4 is 5.69 Å². The molecule has 5 nitrogen and oxygen atoms in total. The molecule has 0 saturated heterocycles. The minimum absolute atomic E-state index is 0.186. The molecule has 0 bridgehead atoms. The molecule has 1 N–H and O–H groups in total. The highest BCUT2D eigenvalue weighted by atomic mass is 16.6. The van der Waals surface area contributed by atoms with Gasteiger partial charge in [-0.05, 0) is 26.7 Å². The van der Waals surface area contributed by atoms with E-state index in [4.69, 9.17) is 0 Å². The Bertz CT molecular complexity index is 489. The monoisotopic (exact) mass is 247 g/mol. The molecule has 0 fully saturated rings. The van der Waals surface area contributed by atoms with Crippen LogP contribution in [0.15, 0.2) is 18.3 Å². The maximum Gasteiger partial charge on any atom is 0.278 e. The van der Waals surface area contributed by atoms with Crippen molar-refractivity contribution in [3.05, 3.63) is 45.3 Å². The van der Waals surface area contributed by atoms with Gasteiger partial charge in [0, 0.05) is 29.9 Å². The van der Waals surface area contributed by atoms with Gasteiger partial charge in [0.05, 0.1) is 10.6 Å². The molecular weight excluding hydrogens is 230 g/mol. The summed E-state index contributed by atoms with van der Waals surface area (Å²) in [4.78, 5) is 15.0. The minimum atomic E-state index is -0.326. The fraction of sp³-hybridized carbons (Fsp3) is 0.462. The quantitative estimate of drug-likeness (QED) is 0.504. The van der Waals surface area contributed by atoms with Crippen molar-refractivity contribution in [2.75, 3.05) is 0 Å². The summed E-state index contributed by atoms with van der Waals surface area (Å²) < 4.78 is 0. The largest absolute Gasteiger partial charge is 0.308 e. The summed E-state index contributed by atoms with van der Waals surface area (Å²) in [6.07, 6.45) is 7.92. The molecule has 5 heteroatoms. The van der Waals surface area contributed by atoms with Crippen molar-refractivity contribution in [3.63, 3.8) is 0 Å². The van der Waals surface area contributed by atoms with Gasteiger partial charge in [-0.3, -0.25) is 15.1 Å². The van der Waals surface area contributed by atoms with E-state index < -0.39 is 0 Å². The number of hydrogen-bond acceptors (Lipinski definition) is 4. The first-order valence-corrected chi connectivity index (χ1v) is 6.07. The van der Waals surface area contributed by atoms with Gasteiger partial charge in [0.2, 0.25) is 0 Å². The molecule has 0 atom stereocenters. The zero-order chi connectivity index (χ0) is 13.1. The van der Waals surface area contributed by atoms with Crippen LogP contribution in [0.1, 0.15) is 29.7 Å². The summed E-state index contributed by atoms with van der Waals surface area (Å²) >= 11 is 0. The topological polar surface area (TPSA) is 68.1 Å². The molecule has 1 aliphatic rings. The van der Waals surface area contributed by atoms with Gasteiger partial charge in [0.15, 0.2) is 0 Å². The summed E-state index contributed by atoms with van der Waals surface area (Å²) in [6, 6.07) is 0.437. The summed E-state index contributed by atoms with van der Waals surface area (Å²) in [5.74, 6) is 0. The Balaban J connectivity index is 2.13. The van der Waals surface area contributed by atoms with Crippen molar-refractivity contribution in [1.29, 1.82) is 0 Å². The van der Waals surface area contributed by atoms with Gasteiger partial charge < -0.3 is 5.32 Å². The number of aryl methyl sites for hydroxylation is 1. The molecule has 1 aromatic heterocycles. The molecule has 0 saturated carbocycles. The van der Waals surface area contributed by atoms with E-state index >= 15 is 0 Å². The van der Waals surface area contributed by atoms with Crippen LogP contribution in [0, 0.1) is 24.0 Å². The first-order valence-electron chi connectivity index (χ1n) is 6.07. The van der Waals surface area contributed by atoms with Crippen LogP contribution in [0.25, 0.3) is 0 Å². The van der Waals surface area contributed by atoms with Crippen molar-refractivity contribution < 1.29 is 4.92 Å². The van der Waals surface area contributed by atoms with Gasteiger partial charge in [-0.1, -0.05) is 12.2 Å². The number of nitrogens with one attached hydrogen (secondary N) is 1. The van der Waals surface area contributed by atoms with Gasteiger partial charge in [-0.25, -0.2) is 0 Å². The van der Waals surface area contributed by atoms with Crippen molar-refractivity contribution in [1.82, 2.24) is 10.3 Å². The van der Waals surface area contributed by atoms with Crippen LogP contribution >= 0.6 is 0 Å². The standard InChI is InChI=1S/C13H17N3O2/c1-9-7-15-12(10(2)13(9)16(17)18)8-14-11-5-3-4-6-11/h3-4,7,11,14H,5-6,8H2,1-2H3. The Hall–Kier alpha value is -1.75. The number of nitrogens with zero attached hydrogens (tertiary/aromatic N) is 2. The number of hydrogen-bond donors (Lipinski definition) is 1. The third-order valence-corrected chi connectivity index (χ3v) is 3.32. The Morgan fingerprint density at radius 2 is 2.11 bits per heavy atom. The maximum atomic E-state index is 11.0. The lowest BCUT2D eigenvalue weighted by Crippen LogP contribution is -2.26. The van der Waals surface area contributed by atoms with Crippen molar-refractivity contribution in [2.24, 2.45) is 0 Å². The summed E-state index contributed by atoms with van der Waals surface area (Å²) in [7, 11) is 0. The molecule has 2 rings (SSSR count). The van der Waals surface area contributed by atoms with E-state index in [0.717, 1.165) is 18.5 Å². The third-order valence-electron chi connectivity index (χ3n) is 3.32. The highest BCUT2D eigenvalue weighted by Gasteiger charge is 2.19. The second-order valence-corrected chi connectivity index (χ2v) is 4.64. The fourth-order valence-corrected chi connectivity index (χ4v) is 2.25. The van der Waals surface area contributed by atoms with Crippen LogP contribution < -0.4 is 5.32 Å². The van der Waals surface area contributed by atoms with E-state index in [0.29, 0.717) is 23.7 Å². The SMILES string of the molecule is Cc1cnc(CNC2CC=CC2)c(C)c1[N+](=O)[O-]. The minimum Gasteiger partial charge on any atom is -0.308 e. The second kappa shape index (κ2) is 5.27. The number of aromatic nitrogens is 1. The first-order chi connectivity index (χ1) is 8.59. The average Bonchev–Trinajstić information content (AvgIpc) is 2.80. The predicted octanol–water partition coefficient (Wildman–Crippen LogP) is 2.41. The summed E-state index contributed by atoms with van der Waals surface area (Å²) in [6.45, 7) is 4.07. The molecule has 0 aliphatic heterocycles. The molecule has 0 unspecified atom stereocenters. The van der Waals surface area contributed by atoms with E-state index in [-0.39, 0.29) is 10.6 Å². The smallest absolute Gasteiger partial charge is 0.278 e. The van der Waals surface area contributed by atoms with Crippen LogP contribution in [0.3, 0.4) is 0 Å². The van der Waals surface area contributed by atoms with E-state index in [2.05, 4.69) is 22.5 Å². The fourth-order valence-electron chi connectivity index (χ4n) is 2.25. The van der Waals surface area contributed by atoms with Crippen molar-refractivity contribution in [2.45, 2.75) is 39.3 Å².